The Balaban J connectivity index is 0.837. The fourth-order valence-corrected chi connectivity index (χ4v) is 12.8. The fourth-order valence-electron chi connectivity index (χ4n) is 12.8. The second-order valence-corrected chi connectivity index (χ2v) is 18.8. The van der Waals surface area contributed by atoms with E-state index in [-0.39, 0.29) is 61.1 Å². The molecule has 0 aromatic rings. The largest absolute Gasteiger partial charge is 0.458 e. The van der Waals surface area contributed by atoms with E-state index in [2.05, 4.69) is 6.92 Å². The normalized spacial score (nSPS) is 55.5. The molecule has 6 N–H and O–H groups in total. The number of rotatable bonds is 7. The SMILES string of the molecule is C[C@H]1OC(OC2[C@@H](O)C[C@H](O[C@H]3CC[C@@]4(C)[C@@H](CC[C@@H]5[C@@H]4C[C@@H](O)[C@]4(C)[C@@H](C6=CC(=O)OC6)CC[C@]54O)C3)O[C@@H]2C)C[C@H](O)C1OC1C[C@H](O)[C@H](O)[C@@H](C)O1. The molecule has 4 aliphatic heterocycles. The van der Waals surface area contributed by atoms with Gasteiger partial charge in [-0.1, -0.05) is 13.8 Å². The first-order valence-corrected chi connectivity index (χ1v) is 20.9. The van der Waals surface area contributed by atoms with Crippen molar-refractivity contribution in [1.29, 1.82) is 0 Å². The maximum Gasteiger partial charge on any atom is 0.331 e. The van der Waals surface area contributed by atoms with Crippen LogP contribution in [0.1, 0.15) is 105 Å². The Hall–Kier alpha value is -1.27. The Morgan fingerprint density at radius 2 is 1.29 bits per heavy atom. The number of carbonyl (C=O) groups excluding carboxylic acids is 1. The smallest absolute Gasteiger partial charge is 0.331 e. The van der Waals surface area contributed by atoms with Crippen LogP contribution in [0.3, 0.4) is 0 Å². The minimum atomic E-state index is -1.01. The van der Waals surface area contributed by atoms with Gasteiger partial charge in [-0.25, -0.2) is 4.79 Å². The lowest BCUT2D eigenvalue weighted by atomic mass is 9.42. The first-order valence-electron chi connectivity index (χ1n) is 20.9. The van der Waals surface area contributed by atoms with Crippen molar-refractivity contribution in [3.63, 3.8) is 0 Å². The number of hydrogen-bond donors (Lipinski definition) is 6. The summed E-state index contributed by atoms with van der Waals surface area (Å²) >= 11 is 0. The lowest BCUT2D eigenvalue weighted by Crippen LogP contribution is -2.67. The van der Waals surface area contributed by atoms with Gasteiger partial charge >= 0.3 is 5.97 Å². The molecule has 8 aliphatic rings. The average molecular weight is 781 g/mol. The Labute approximate surface area is 323 Å². The lowest BCUT2D eigenvalue weighted by Gasteiger charge is -2.65. The fraction of sp³-hybridized carbons (Fsp3) is 0.927. The summed E-state index contributed by atoms with van der Waals surface area (Å²) in [5, 5.41) is 66.9. The quantitative estimate of drug-likeness (QED) is 0.162. The summed E-state index contributed by atoms with van der Waals surface area (Å²) in [6.45, 7) is 9.90. The summed E-state index contributed by atoms with van der Waals surface area (Å²) in [5.41, 5.74) is -0.892. The van der Waals surface area contributed by atoms with Crippen molar-refractivity contribution in [3.05, 3.63) is 11.6 Å². The van der Waals surface area contributed by atoms with Crippen molar-refractivity contribution in [3.8, 4) is 0 Å². The van der Waals surface area contributed by atoms with Gasteiger partial charge in [-0.05, 0) is 107 Å². The molecule has 4 aliphatic carbocycles. The zero-order valence-corrected chi connectivity index (χ0v) is 32.9. The maximum atomic E-state index is 12.6. The van der Waals surface area contributed by atoms with Gasteiger partial charge in [0.05, 0.1) is 54.4 Å². The average Bonchev–Trinajstić information content (AvgIpc) is 3.67. The Kier molecular flexibility index (Phi) is 11.1. The molecular formula is C41H64O14. The summed E-state index contributed by atoms with van der Waals surface area (Å²) in [4.78, 5) is 11.9. The molecular weight excluding hydrogens is 716 g/mol. The highest BCUT2D eigenvalue weighted by Gasteiger charge is 2.71. The molecule has 4 heterocycles. The van der Waals surface area contributed by atoms with E-state index in [1.165, 1.54) is 0 Å². The number of cyclic esters (lactones) is 1. The number of hydrogen-bond acceptors (Lipinski definition) is 14. The number of carbonyl (C=O) groups is 1. The van der Waals surface area contributed by atoms with Crippen LogP contribution in [0.15, 0.2) is 11.6 Å². The molecule has 14 heteroatoms. The van der Waals surface area contributed by atoms with Crippen molar-refractivity contribution in [1.82, 2.24) is 0 Å². The van der Waals surface area contributed by atoms with Crippen molar-refractivity contribution >= 4 is 5.97 Å². The highest BCUT2D eigenvalue weighted by atomic mass is 16.7. The van der Waals surface area contributed by atoms with Gasteiger partial charge in [0.1, 0.15) is 24.9 Å². The standard InChI is InChI=1S/C41H64O14/c1-19-36(47)28(42)15-34(50-19)54-38-21(3)52-35(17-30(38)44)55-37-20(2)51-33(16-29(37)43)53-24-8-10-39(4)23(13-24)6-7-26-27(39)14-31(45)40(5)25(9-11-41(26,40)48)22-12-32(46)49-18-22/h12,19-21,23-31,33-38,42-45,47-48H,6-11,13-18H2,1-5H3/t19-,20-,21-,23+,24+,25-,26-,27+,28+,29+,30+,31-,33+,34?,35?,36-,37?,38?,39+,40+,41+/m1/s1. The van der Waals surface area contributed by atoms with Crippen LogP contribution in [-0.4, -0.2) is 135 Å². The van der Waals surface area contributed by atoms with Crippen LogP contribution in [0, 0.1) is 34.5 Å². The Morgan fingerprint density at radius 1 is 0.691 bits per heavy atom. The van der Waals surface area contributed by atoms with E-state index in [0.717, 1.165) is 44.1 Å². The molecule has 8 rings (SSSR count). The molecule has 312 valence electrons. The van der Waals surface area contributed by atoms with E-state index in [1.54, 1.807) is 19.9 Å². The van der Waals surface area contributed by atoms with Crippen LogP contribution >= 0.6 is 0 Å². The number of fused-ring (bicyclic) bond motifs is 5. The predicted octanol–water partition coefficient (Wildman–Crippen LogP) is 2.22. The second-order valence-electron chi connectivity index (χ2n) is 18.8. The molecule has 7 fully saturated rings. The monoisotopic (exact) mass is 780 g/mol. The molecule has 4 unspecified atom stereocenters. The van der Waals surface area contributed by atoms with Crippen molar-refractivity contribution in [2.24, 2.45) is 34.5 Å². The van der Waals surface area contributed by atoms with E-state index >= 15 is 0 Å². The van der Waals surface area contributed by atoms with E-state index in [0.29, 0.717) is 18.8 Å². The van der Waals surface area contributed by atoms with Crippen LogP contribution in [0.5, 0.6) is 0 Å². The van der Waals surface area contributed by atoms with Crippen LogP contribution in [-0.2, 0) is 38.0 Å². The molecule has 0 radical (unpaired) electrons. The van der Waals surface area contributed by atoms with Gasteiger partial charge < -0.3 is 63.8 Å². The molecule has 3 saturated heterocycles. The highest BCUT2D eigenvalue weighted by Crippen LogP contribution is 2.70. The number of aliphatic hydroxyl groups is 6. The van der Waals surface area contributed by atoms with Crippen LogP contribution in [0.2, 0.25) is 0 Å². The molecule has 21 atom stereocenters. The third kappa shape index (κ3) is 6.95. The number of esters is 1. The van der Waals surface area contributed by atoms with Gasteiger partial charge in [0.2, 0.25) is 0 Å². The molecule has 0 aromatic heterocycles. The van der Waals surface area contributed by atoms with Gasteiger partial charge in [-0.3, -0.25) is 0 Å². The molecule has 4 saturated carbocycles. The minimum Gasteiger partial charge on any atom is -0.458 e. The van der Waals surface area contributed by atoms with Crippen LogP contribution in [0.25, 0.3) is 0 Å². The summed E-state index contributed by atoms with van der Waals surface area (Å²) in [7, 11) is 0. The third-order valence-electron chi connectivity index (χ3n) is 16.0. The second kappa shape index (κ2) is 15.1. The molecule has 0 amide bonds. The van der Waals surface area contributed by atoms with Crippen molar-refractivity contribution in [2.75, 3.05) is 6.61 Å². The molecule has 0 bridgehead atoms. The molecule has 0 spiro atoms. The summed E-state index contributed by atoms with van der Waals surface area (Å²) in [5.74, 6) is 0.204. The summed E-state index contributed by atoms with van der Waals surface area (Å²) in [6, 6.07) is 0. The van der Waals surface area contributed by atoms with Crippen LogP contribution < -0.4 is 0 Å². The summed E-state index contributed by atoms with van der Waals surface area (Å²) < 4.78 is 42.1. The zero-order chi connectivity index (χ0) is 39.2. The van der Waals surface area contributed by atoms with E-state index in [9.17, 15) is 35.4 Å². The van der Waals surface area contributed by atoms with Gasteiger partial charge in [-0.15, -0.1) is 0 Å². The molecule has 55 heavy (non-hydrogen) atoms. The Morgan fingerprint density at radius 3 is 1.87 bits per heavy atom. The van der Waals surface area contributed by atoms with Crippen molar-refractivity contribution in [2.45, 2.75) is 197 Å². The van der Waals surface area contributed by atoms with Gasteiger partial charge in [0.15, 0.2) is 18.9 Å². The third-order valence-corrected chi connectivity index (χ3v) is 16.0. The number of aliphatic hydroxyl groups excluding tert-OH is 5. The topological polar surface area (TPSA) is 203 Å². The van der Waals surface area contributed by atoms with E-state index in [4.69, 9.17) is 33.2 Å². The predicted molar refractivity (Wildman–Crippen MR) is 193 cm³/mol. The van der Waals surface area contributed by atoms with Gasteiger partial charge in [-0.2, -0.15) is 0 Å². The van der Waals surface area contributed by atoms with E-state index in [1.807, 2.05) is 13.8 Å². The summed E-state index contributed by atoms with van der Waals surface area (Å²) in [6.07, 6.45) is -1.51. The maximum absolute atomic E-state index is 12.6. The first-order chi connectivity index (χ1) is 26.0. The molecule has 0 aromatic carbocycles. The highest BCUT2D eigenvalue weighted by molar-refractivity contribution is 5.85. The van der Waals surface area contributed by atoms with Gasteiger partial charge in [0.25, 0.3) is 0 Å². The number of ether oxygens (including phenoxy) is 7. The molecule has 14 nitrogen and oxygen atoms in total. The Bertz CT molecular complexity index is 1410. The lowest BCUT2D eigenvalue weighted by molar-refractivity contribution is -0.336. The van der Waals surface area contributed by atoms with Crippen LogP contribution in [0.4, 0.5) is 0 Å². The first kappa shape index (κ1) is 40.5. The zero-order valence-electron chi connectivity index (χ0n) is 32.9. The minimum absolute atomic E-state index is 0.0452. The van der Waals surface area contributed by atoms with Gasteiger partial charge in [0, 0.05) is 30.8 Å². The van der Waals surface area contributed by atoms with Crippen molar-refractivity contribution < 1.29 is 68.6 Å². The van der Waals surface area contributed by atoms with E-state index < -0.39 is 90.9 Å².